The molecular formula is C16H24BrN. The maximum Gasteiger partial charge on any atom is 0.0208 e. The van der Waals surface area contributed by atoms with Crippen molar-refractivity contribution >= 4 is 15.9 Å². The van der Waals surface area contributed by atoms with Gasteiger partial charge in [0.25, 0.3) is 0 Å². The Hall–Kier alpha value is -0.340. The third kappa shape index (κ3) is 4.40. The third-order valence-electron chi connectivity index (χ3n) is 4.03. The molecule has 1 saturated carbocycles. The molecule has 0 saturated heterocycles. The van der Waals surface area contributed by atoms with Crippen molar-refractivity contribution in [3.63, 3.8) is 0 Å². The van der Waals surface area contributed by atoms with Crippen molar-refractivity contribution < 1.29 is 0 Å². The highest BCUT2D eigenvalue weighted by atomic mass is 79.9. The van der Waals surface area contributed by atoms with Crippen LogP contribution in [0.15, 0.2) is 28.7 Å². The van der Waals surface area contributed by atoms with Gasteiger partial charge in [-0.3, -0.25) is 0 Å². The van der Waals surface area contributed by atoms with E-state index >= 15 is 0 Å². The summed E-state index contributed by atoms with van der Waals surface area (Å²) in [5.74, 6) is 0.999. The zero-order valence-corrected chi connectivity index (χ0v) is 12.9. The van der Waals surface area contributed by atoms with E-state index in [2.05, 4.69) is 52.4 Å². The summed E-state index contributed by atoms with van der Waals surface area (Å²) in [7, 11) is 0. The summed E-state index contributed by atoms with van der Waals surface area (Å²) >= 11 is 3.53. The van der Waals surface area contributed by atoms with E-state index in [1.165, 1.54) is 48.6 Å². The zero-order chi connectivity index (χ0) is 12.8. The van der Waals surface area contributed by atoms with Gasteiger partial charge in [0.15, 0.2) is 0 Å². The molecule has 1 aromatic carbocycles. The summed E-state index contributed by atoms with van der Waals surface area (Å²) in [6, 6.07) is 9.33. The van der Waals surface area contributed by atoms with Crippen molar-refractivity contribution in [2.45, 2.75) is 58.0 Å². The highest BCUT2D eigenvalue weighted by molar-refractivity contribution is 9.10. The minimum atomic E-state index is 0.733. The first-order valence-corrected chi connectivity index (χ1v) is 8.05. The lowest BCUT2D eigenvalue weighted by Crippen LogP contribution is -2.32. The highest BCUT2D eigenvalue weighted by Gasteiger charge is 2.19. The summed E-state index contributed by atoms with van der Waals surface area (Å²) in [6.45, 7) is 3.31. The molecule has 1 nitrogen and oxygen atoms in total. The molecule has 1 N–H and O–H groups in total. The highest BCUT2D eigenvalue weighted by Crippen LogP contribution is 2.27. The molecule has 1 aromatic rings. The van der Waals surface area contributed by atoms with Crippen LogP contribution in [-0.2, 0) is 6.54 Å². The Kier molecular flexibility index (Phi) is 5.71. The number of hydrogen-bond acceptors (Lipinski definition) is 1. The van der Waals surface area contributed by atoms with Crippen molar-refractivity contribution in [1.82, 2.24) is 5.32 Å². The van der Waals surface area contributed by atoms with Gasteiger partial charge in [0.05, 0.1) is 0 Å². The summed E-state index contributed by atoms with van der Waals surface area (Å²) in [5, 5.41) is 3.71. The molecule has 1 aliphatic carbocycles. The topological polar surface area (TPSA) is 12.0 Å². The van der Waals surface area contributed by atoms with Crippen LogP contribution in [0.3, 0.4) is 0 Å². The van der Waals surface area contributed by atoms with Crippen LogP contribution in [0.1, 0.15) is 51.0 Å². The van der Waals surface area contributed by atoms with Gasteiger partial charge in [-0.05, 0) is 49.3 Å². The molecule has 0 heterocycles. The van der Waals surface area contributed by atoms with Crippen molar-refractivity contribution in [1.29, 1.82) is 0 Å². The average Bonchev–Trinajstić information content (AvgIpc) is 2.38. The standard InChI is InChI=1S/C16H24BrN/c1-2-4-13-7-9-16(10-8-13)18-12-14-5-3-6-15(17)11-14/h3,5-6,11,13,16,18H,2,4,7-10,12H2,1H3. The Morgan fingerprint density at radius 1 is 1.22 bits per heavy atom. The van der Waals surface area contributed by atoms with Crippen LogP contribution in [0, 0.1) is 5.92 Å². The molecule has 0 amide bonds. The Morgan fingerprint density at radius 2 is 2.00 bits per heavy atom. The fourth-order valence-electron chi connectivity index (χ4n) is 2.97. The van der Waals surface area contributed by atoms with Crippen molar-refractivity contribution in [3.05, 3.63) is 34.3 Å². The monoisotopic (exact) mass is 309 g/mol. The quantitative estimate of drug-likeness (QED) is 0.816. The van der Waals surface area contributed by atoms with Gasteiger partial charge in [0.2, 0.25) is 0 Å². The van der Waals surface area contributed by atoms with Gasteiger partial charge in [0.1, 0.15) is 0 Å². The van der Waals surface area contributed by atoms with Gasteiger partial charge in [-0.25, -0.2) is 0 Å². The Morgan fingerprint density at radius 3 is 2.67 bits per heavy atom. The van der Waals surface area contributed by atoms with Gasteiger partial charge in [-0.1, -0.05) is 47.8 Å². The second-order valence-electron chi connectivity index (χ2n) is 5.52. The average molecular weight is 310 g/mol. The summed E-state index contributed by atoms with van der Waals surface area (Å²) in [5.41, 5.74) is 1.38. The van der Waals surface area contributed by atoms with Crippen LogP contribution in [0.25, 0.3) is 0 Å². The van der Waals surface area contributed by atoms with Gasteiger partial charge in [-0.15, -0.1) is 0 Å². The second kappa shape index (κ2) is 7.30. The molecule has 100 valence electrons. The Balaban J connectivity index is 1.72. The smallest absolute Gasteiger partial charge is 0.0208 e. The van der Waals surface area contributed by atoms with Gasteiger partial charge in [0, 0.05) is 17.1 Å². The van der Waals surface area contributed by atoms with Gasteiger partial charge < -0.3 is 5.32 Å². The molecular weight excluding hydrogens is 286 g/mol. The van der Waals surface area contributed by atoms with Crippen LogP contribution >= 0.6 is 15.9 Å². The largest absolute Gasteiger partial charge is 0.310 e. The molecule has 0 radical (unpaired) electrons. The molecule has 0 spiro atoms. The molecule has 0 bridgehead atoms. The molecule has 18 heavy (non-hydrogen) atoms. The third-order valence-corrected chi connectivity index (χ3v) is 4.52. The molecule has 0 unspecified atom stereocenters. The first kappa shape index (κ1) is 14.1. The minimum Gasteiger partial charge on any atom is -0.310 e. The Bertz CT molecular complexity index is 356. The van der Waals surface area contributed by atoms with Crippen LogP contribution in [0.2, 0.25) is 0 Å². The van der Waals surface area contributed by atoms with Gasteiger partial charge in [-0.2, -0.15) is 0 Å². The van der Waals surface area contributed by atoms with Crippen LogP contribution in [0.4, 0.5) is 0 Å². The number of nitrogens with one attached hydrogen (secondary N) is 1. The van der Waals surface area contributed by atoms with E-state index < -0.39 is 0 Å². The molecule has 0 aromatic heterocycles. The van der Waals surface area contributed by atoms with Crippen LogP contribution in [0.5, 0.6) is 0 Å². The number of halogens is 1. The van der Waals surface area contributed by atoms with E-state index in [1.54, 1.807) is 0 Å². The molecule has 2 rings (SSSR count). The van der Waals surface area contributed by atoms with Crippen LogP contribution < -0.4 is 5.32 Å². The predicted octanol–water partition coefficient (Wildman–Crippen LogP) is 4.90. The first-order chi connectivity index (χ1) is 8.78. The summed E-state index contributed by atoms with van der Waals surface area (Å²) in [4.78, 5) is 0. The zero-order valence-electron chi connectivity index (χ0n) is 11.3. The Labute approximate surface area is 119 Å². The van der Waals surface area contributed by atoms with E-state index in [4.69, 9.17) is 0 Å². The van der Waals surface area contributed by atoms with Crippen molar-refractivity contribution in [3.8, 4) is 0 Å². The molecule has 2 heteroatoms. The molecule has 0 aliphatic heterocycles. The predicted molar refractivity (Wildman–Crippen MR) is 81.6 cm³/mol. The second-order valence-corrected chi connectivity index (χ2v) is 6.43. The van der Waals surface area contributed by atoms with E-state index in [1.807, 2.05) is 0 Å². The van der Waals surface area contributed by atoms with E-state index in [-0.39, 0.29) is 0 Å². The van der Waals surface area contributed by atoms with E-state index in [0.717, 1.165) is 18.5 Å². The first-order valence-electron chi connectivity index (χ1n) is 7.25. The van der Waals surface area contributed by atoms with Gasteiger partial charge >= 0.3 is 0 Å². The summed E-state index contributed by atoms with van der Waals surface area (Å²) < 4.78 is 1.17. The number of hydrogen-bond donors (Lipinski definition) is 1. The van der Waals surface area contributed by atoms with Crippen molar-refractivity contribution in [2.24, 2.45) is 5.92 Å². The lowest BCUT2D eigenvalue weighted by molar-refractivity contribution is 0.277. The lowest BCUT2D eigenvalue weighted by atomic mass is 9.83. The molecule has 0 atom stereocenters. The fourth-order valence-corrected chi connectivity index (χ4v) is 3.42. The maximum atomic E-state index is 3.71. The summed E-state index contributed by atoms with van der Waals surface area (Å²) in [6.07, 6.45) is 8.34. The SMILES string of the molecule is CCCC1CCC(NCc2cccc(Br)c2)CC1. The fraction of sp³-hybridized carbons (Fsp3) is 0.625. The van der Waals surface area contributed by atoms with Crippen LogP contribution in [-0.4, -0.2) is 6.04 Å². The van der Waals surface area contributed by atoms with E-state index in [9.17, 15) is 0 Å². The lowest BCUT2D eigenvalue weighted by Gasteiger charge is -2.29. The molecule has 1 fully saturated rings. The number of rotatable bonds is 5. The normalized spacial score (nSPS) is 24.1. The minimum absolute atomic E-state index is 0.733. The maximum absolute atomic E-state index is 3.71. The number of benzene rings is 1. The van der Waals surface area contributed by atoms with E-state index in [0.29, 0.717) is 0 Å². The molecule has 1 aliphatic rings. The van der Waals surface area contributed by atoms with Crippen molar-refractivity contribution in [2.75, 3.05) is 0 Å².